The largest absolute Gasteiger partial charge is 0.451 e. The Labute approximate surface area is 121 Å². The van der Waals surface area contributed by atoms with Gasteiger partial charge in [0.25, 0.3) is 0 Å². The molecule has 0 radical (unpaired) electrons. The molecule has 0 bridgehead atoms. The van der Waals surface area contributed by atoms with Gasteiger partial charge in [0.15, 0.2) is 0 Å². The van der Waals surface area contributed by atoms with Crippen LogP contribution in [0.3, 0.4) is 0 Å². The zero-order valence-electron chi connectivity index (χ0n) is 11.8. The van der Waals surface area contributed by atoms with Crippen molar-refractivity contribution in [2.24, 2.45) is 11.7 Å². The van der Waals surface area contributed by atoms with Crippen LogP contribution in [-0.2, 0) is 19.3 Å². The van der Waals surface area contributed by atoms with Crippen LogP contribution in [0.4, 0.5) is 13.2 Å². The second-order valence-electron chi connectivity index (χ2n) is 6.03. The number of hydrogen-bond acceptors (Lipinski definition) is 4. The first kappa shape index (κ1) is 14.8. The molecule has 1 aromatic heterocycles. The number of hydrogen-bond donors (Lipinski definition) is 1. The Kier molecular flexibility index (Phi) is 3.92. The van der Waals surface area contributed by atoms with Crippen molar-refractivity contribution in [2.75, 3.05) is 13.1 Å². The van der Waals surface area contributed by atoms with Crippen LogP contribution in [0.5, 0.6) is 0 Å². The number of aromatic nitrogens is 3. The number of nitrogens with zero attached hydrogens (tertiary/aromatic N) is 4. The van der Waals surface area contributed by atoms with E-state index in [4.69, 9.17) is 5.73 Å². The molecule has 118 valence electrons. The highest BCUT2D eigenvalue weighted by molar-refractivity contribution is 5.02. The van der Waals surface area contributed by atoms with E-state index in [1.165, 1.54) is 17.4 Å². The standard InChI is InChI=1S/C13H20F3N5/c14-13(15,16)12-19-18-11-8-20(5-6-21(11)12)7-9-3-1-2-4-10(9)17/h9-10H,1-8,17H2. The van der Waals surface area contributed by atoms with Crippen LogP contribution in [0.2, 0.25) is 0 Å². The van der Waals surface area contributed by atoms with Crippen LogP contribution in [0.1, 0.15) is 37.3 Å². The molecule has 1 saturated carbocycles. The highest BCUT2D eigenvalue weighted by atomic mass is 19.4. The third-order valence-electron chi connectivity index (χ3n) is 4.55. The molecule has 21 heavy (non-hydrogen) atoms. The number of alkyl halides is 3. The van der Waals surface area contributed by atoms with Crippen LogP contribution in [0, 0.1) is 5.92 Å². The second-order valence-corrected chi connectivity index (χ2v) is 6.03. The fourth-order valence-corrected chi connectivity index (χ4v) is 3.37. The van der Waals surface area contributed by atoms with Crippen molar-refractivity contribution in [2.45, 2.75) is 51.0 Å². The van der Waals surface area contributed by atoms with Gasteiger partial charge in [0.1, 0.15) is 5.82 Å². The van der Waals surface area contributed by atoms with Gasteiger partial charge in [0.05, 0.1) is 6.54 Å². The molecule has 0 spiro atoms. The van der Waals surface area contributed by atoms with Crippen molar-refractivity contribution in [3.8, 4) is 0 Å². The van der Waals surface area contributed by atoms with E-state index in [2.05, 4.69) is 15.1 Å². The van der Waals surface area contributed by atoms with E-state index < -0.39 is 12.0 Å². The Hall–Kier alpha value is -1.15. The average Bonchev–Trinajstić information content (AvgIpc) is 2.84. The van der Waals surface area contributed by atoms with E-state index in [0.29, 0.717) is 31.4 Å². The van der Waals surface area contributed by atoms with Crippen molar-refractivity contribution in [1.29, 1.82) is 0 Å². The lowest BCUT2D eigenvalue weighted by atomic mass is 9.84. The number of rotatable bonds is 2. The summed E-state index contributed by atoms with van der Waals surface area (Å²) in [6.07, 6.45) is 0.103. The maximum Gasteiger partial charge on any atom is 0.451 e. The van der Waals surface area contributed by atoms with E-state index in [1.807, 2.05) is 0 Å². The first-order valence-corrected chi connectivity index (χ1v) is 7.42. The summed E-state index contributed by atoms with van der Waals surface area (Å²) in [5, 5.41) is 7.01. The second kappa shape index (κ2) is 5.57. The van der Waals surface area contributed by atoms with Gasteiger partial charge in [-0.25, -0.2) is 0 Å². The lowest BCUT2D eigenvalue weighted by Crippen LogP contribution is -2.44. The highest BCUT2D eigenvalue weighted by Gasteiger charge is 2.39. The molecular weight excluding hydrogens is 283 g/mol. The third kappa shape index (κ3) is 3.06. The van der Waals surface area contributed by atoms with Gasteiger partial charge in [0.2, 0.25) is 5.82 Å². The summed E-state index contributed by atoms with van der Waals surface area (Å²) < 4.78 is 39.5. The summed E-state index contributed by atoms with van der Waals surface area (Å²) in [7, 11) is 0. The molecule has 2 unspecified atom stereocenters. The summed E-state index contributed by atoms with van der Waals surface area (Å²) in [4.78, 5) is 2.15. The maximum absolute atomic E-state index is 12.8. The monoisotopic (exact) mass is 303 g/mol. The third-order valence-corrected chi connectivity index (χ3v) is 4.55. The molecule has 2 heterocycles. The zero-order chi connectivity index (χ0) is 15.0. The topological polar surface area (TPSA) is 60.0 Å². The molecule has 3 rings (SSSR count). The zero-order valence-corrected chi connectivity index (χ0v) is 11.8. The molecule has 8 heteroatoms. The number of halogens is 3. The van der Waals surface area contributed by atoms with Crippen molar-refractivity contribution in [3.63, 3.8) is 0 Å². The minimum absolute atomic E-state index is 0.212. The van der Waals surface area contributed by atoms with Gasteiger partial charge >= 0.3 is 6.18 Å². The Morgan fingerprint density at radius 1 is 1.14 bits per heavy atom. The van der Waals surface area contributed by atoms with E-state index >= 15 is 0 Å². The molecule has 0 amide bonds. The minimum atomic E-state index is -4.43. The summed E-state index contributed by atoms with van der Waals surface area (Å²) in [5.41, 5.74) is 6.14. The van der Waals surface area contributed by atoms with E-state index in [1.54, 1.807) is 0 Å². The smallest absolute Gasteiger partial charge is 0.327 e. The van der Waals surface area contributed by atoms with Crippen LogP contribution in [0.25, 0.3) is 0 Å². The molecule has 2 N–H and O–H groups in total. The van der Waals surface area contributed by atoms with E-state index in [0.717, 1.165) is 19.4 Å². The molecule has 1 aliphatic heterocycles. The molecule has 2 atom stereocenters. The predicted octanol–water partition coefficient (Wildman–Crippen LogP) is 1.63. The Morgan fingerprint density at radius 2 is 1.90 bits per heavy atom. The van der Waals surface area contributed by atoms with Crippen LogP contribution < -0.4 is 5.73 Å². The van der Waals surface area contributed by atoms with Crippen molar-refractivity contribution >= 4 is 0 Å². The summed E-state index contributed by atoms with van der Waals surface area (Å²) in [6.45, 7) is 2.15. The van der Waals surface area contributed by atoms with Crippen LogP contribution >= 0.6 is 0 Å². The molecule has 5 nitrogen and oxygen atoms in total. The molecule has 1 aliphatic carbocycles. The van der Waals surface area contributed by atoms with Crippen molar-refractivity contribution in [1.82, 2.24) is 19.7 Å². The fourth-order valence-electron chi connectivity index (χ4n) is 3.37. The lowest BCUT2D eigenvalue weighted by Gasteiger charge is -2.35. The van der Waals surface area contributed by atoms with Gasteiger partial charge in [-0.05, 0) is 18.8 Å². The fraction of sp³-hybridized carbons (Fsp3) is 0.846. The quantitative estimate of drug-likeness (QED) is 0.902. The lowest BCUT2D eigenvalue weighted by molar-refractivity contribution is -0.148. The molecule has 1 aromatic rings. The highest BCUT2D eigenvalue weighted by Crippen LogP contribution is 2.30. The molecule has 0 aromatic carbocycles. The Bertz CT molecular complexity index is 498. The Morgan fingerprint density at radius 3 is 2.62 bits per heavy atom. The first-order chi connectivity index (χ1) is 9.95. The Balaban J connectivity index is 1.66. The minimum Gasteiger partial charge on any atom is -0.327 e. The summed E-state index contributed by atoms with van der Waals surface area (Å²) >= 11 is 0. The molecular formula is C13H20F3N5. The van der Waals surface area contributed by atoms with Gasteiger partial charge < -0.3 is 10.3 Å². The van der Waals surface area contributed by atoms with Crippen molar-refractivity contribution in [3.05, 3.63) is 11.6 Å². The molecule has 1 fully saturated rings. The predicted molar refractivity (Wildman–Crippen MR) is 70.2 cm³/mol. The average molecular weight is 303 g/mol. The van der Waals surface area contributed by atoms with Crippen LogP contribution in [0.15, 0.2) is 0 Å². The van der Waals surface area contributed by atoms with Crippen molar-refractivity contribution < 1.29 is 13.2 Å². The number of fused-ring (bicyclic) bond motifs is 1. The van der Waals surface area contributed by atoms with E-state index in [9.17, 15) is 13.2 Å². The van der Waals surface area contributed by atoms with Gasteiger partial charge in [0, 0.05) is 25.7 Å². The van der Waals surface area contributed by atoms with Gasteiger partial charge in [-0.15, -0.1) is 10.2 Å². The molecule has 2 aliphatic rings. The van der Waals surface area contributed by atoms with Crippen LogP contribution in [-0.4, -0.2) is 38.8 Å². The SMILES string of the molecule is NC1CCCCC1CN1CCn2c(nnc2C(F)(F)F)C1. The normalized spacial score (nSPS) is 27.6. The van der Waals surface area contributed by atoms with E-state index in [-0.39, 0.29) is 6.04 Å². The molecule has 0 saturated heterocycles. The van der Waals surface area contributed by atoms with Gasteiger partial charge in [-0.1, -0.05) is 12.8 Å². The summed E-state index contributed by atoms with van der Waals surface area (Å²) in [5.74, 6) is -0.0419. The first-order valence-electron chi connectivity index (χ1n) is 7.42. The van der Waals surface area contributed by atoms with Gasteiger partial charge in [-0.2, -0.15) is 13.2 Å². The van der Waals surface area contributed by atoms with Gasteiger partial charge in [-0.3, -0.25) is 4.90 Å². The summed E-state index contributed by atoms with van der Waals surface area (Å²) in [6, 6.07) is 0.212. The maximum atomic E-state index is 12.8. The number of nitrogens with two attached hydrogens (primary N) is 1.